The molecule has 0 amide bonds. The molecule has 0 saturated carbocycles. The third-order valence-electron chi connectivity index (χ3n) is 3.23. The second-order valence-corrected chi connectivity index (χ2v) is 4.61. The lowest BCUT2D eigenvalue weighted by Gasteiger charge is -2.26. The van der Waals surface area contributed by atoms with E-state index in [1.54, 1.807) is 31.2 Å². The zero-order chi connectivity index (χ0) is 14.4. The first-order chi connectivity index (χ1) is 9.72. The van der Waals surface area contributed by atoms with E-state index in [0.29, 0.717) is 25.0 Å². The van der Waals surface area contributed by atoms with Gasteiger partial charge in [0, 0.05) is 6.42 Å². The first kappa shape index (κ1) is 14.3. The molecule has 2 rings (SSSR count). The summed E-state index contributed by atoms with van der Waals surface area (Å²) in [5.41, 5.74) is 0.490. The van der Waals surface area contributed by atoms with Gasteiger partial charge in [0.25, 0.3) is 0 Å². The number of hydrogen-bond acceptors (Lipinski definition) is 4. The van der Waals surface area contributed by atoms with Gasteiger partial charge in [0.2, 0.25) is 0 Å². The summed E-state index contributed by atoms with van der Waals surface area (Å²) in [6.07, 6.45) is 4.49. The second-order valence-electron chi connectivity index (χ2n) is 4.61. The molecule has 2 atom stereocenters. The zero-order valence-corrected chi connectivity index (χ0v) is 11.5. The number of allylic oxidation sites excluding steroid dienone is 1. The fraction of sp³-hybridized carbons (Fsp3) is 0.375. The predicted octanol–water partition coefficient (Wildman–Crippen LogP) is 2.74. The number of esters is 2. The van der Waals surface area contributed by atoms with Crippen molar-refractivity contribution in [2.24, 2.45) is 5.92 Å². The van der Waals surface area contributed by atoms with Crippen LogP contribution in [0.25, 0.3) is 0 Å². The zero-order valence-electron chi connectivity index (χ0n) is 11.5. The first-order valence-corrected chi connectivity index (χ1v) is 6.80. The summed E-state index contributed by atoms with van der Waals surface area (Å²) in [7, 11) is 0. The number of carbonyl (C=O) groups excluding carboxylic acids is 2. The Balaban J connectivity index is 2.04. The SMILES string of the molecule is CCOC(=O)[C@@H]1CC=CC[C@@H]1OC(=O)c1ccccc1. The van der Waals surface area contributed by atoms with E-state index in [1.165, 1.54) is 0 Å². The Bertz CT molecular complexity index is 492. The highest BCUT2D eigenvalue weighted by atomic mass is 16.6. The van der Waals surface area contributed by atoms with Gasteiger partial charge in [0.15, 0.2) is 0 Å². The molecule has 0 fully saturated rings. The molecule has 1 aliphatic carbocycles. The van der Waals surface area contributed by atoms with Gasteiger partial charge in [-0.1, -0.05) is 30.4 Å². The predicted molar refractivity (Wildman–Crippen MR) is 74.1 cm³/mol. The van der Waals surface area contributed by atoms with Crippen LogP contribution in [0.4, 0.5) is 0 Å². The summed E-state index contributed by atoms with van der Waals surface area (Å²) >= 11 is 0. The molecule has 0 aliphatic heterocycles. The number of carbonyl (C=O) groups is 2. The van der Waals surface area contributed by atoms with Gasteiger partial charge < -0.3 is 9.47 Å². The van der Waals surface area contributed by atoms with Gasteiger partial charge in [-0.15, -0.1) is 0 Å². The summed E-state index contributed by atoms with van der Waals surface area (Å²) < 4.78 is 10.5. The van der Waals surface area contributed by atoms with Crippen LogP contribution in [0, 0.1) is 5.92 Å². The van der Waals surface area contributed by atoms with E-state index in [0.717, 1.165) is 0 Å². The van der Waals surface area contributed by atoms with Crippen molar-refractivity contribution in [3.8, 4) is 0 Å². The van der Waals surface area contributed by atoms with Gasteiger partial charge in [0.1, 0.15) is 6.10 Å². The van der Waals surface area contributed by atoms with Gasteiger partial charge in [0.05, 0.1) is 18.1 Å². The van der Waals surface area contributed by atoms with Gasteiger partial charge in [-0.2, -0.15) is 0 Å². The highest BCUT2D eigenvalue weighted by molar-refractivity contribution is 5.89. The molecular formula is C16H18O4. The molecule has 0 radical (unpaired) electrons. The first-order valence-electron chi connectivity index (χ1n) is 6.80. The number of hydrogen-bond donors (Lipinski definition) is 0. The Morgan fingerprint density at radius 3 is 2.55 bits per heavy atom. The second kappa shape index (κ2) is 6.89. The van der Waals surface area contributed by atoms with Crippen LogP contribution in [-0.2, 0) is 14.3 Å². The number of rotatable bonds is 4. The van der Waals surface area contributed by atoms with E-state index in [-0.39, 0.29) is 5.97 Å². The van der Waals surface area contributed by atoms with Gasteiger partial charge in [-0.25, -0.2) is 4.79 Å². The maximum atomic E-state index is 12.0. The van der Waals surface area contributed by atoms with Gasteiger partial charge in [-0.3, -0.25) is 4.79 Å². The summed E-state index contributed by atoms with van der Waals surface area (Å²) in [4.78, 5) is 23.9. The smallest absolute Gasteiger partial charge is 0.338 e. The molecule has 1 aliphatic rings. The molecule has 4 nitrogen and oxygen atoms in total. The van der Waals surface area contributed by atoms with Crippen LogP contribution in [0.15, 0.2) is 42.5 Å². The minimum atomic E-state index is -0.452. The van der Waals surface area contributed by atoms with Crippen molar-refractivity contribution in [2.45, 2.75) is 25.9 Å². The van der Waals surface area contributed by atoms with Crippen LogP contribution in [0.5, 0.6) is 0 Å². The molecule has 0 spiro atoms. The van der Waals surface area contributed by atoms with E-state index in [2.05, 4.69) is 0 Å². The van der Waals surface area contributed by atoms with Crippen LogP contribution in [0.1, 0.15) is 30.1 Å². The minimum Gasteiger partial charge on any atom is -0.466 e. The Morgan fingerprint density at radius 2 is 1.85 bits per heavy atom. The average Bonchev–Trinajstić information content (AvgIpc) is 2.49. The minimum absolute atomic E-state index is 0.303. The van der Waals surface area contributed by atoms with Crippen LogP contribution < -0.4 is 0 Å². The quantitative estimate of drug-likeness (QED) is 0.625. The summed E-state index contributed by atoms with van der Waals surface area (Å²) in [6.45, 7) is 2.10. The number of ether oxygens (including phenoxy) is 2. The molecule has 0 aromatic heterocycles. The van der Waals surface area contributed by atoms with Crippen molar-refractivity contribution in [2.75, 3.05) is 6.61 Å². The lowest BCUT2D eigenvalue weighted by atomic mass is 9.91. The molecule has 0 unspecified atom stereocenters. The van der Waals surface area contributed by atoms with Gasteiger partial charge in [-0.05, 0) is 25.5 Å². The van der Waals surface area contributed by atoms with E-state index in [1.807, 2.05) is 18.2 Å². The highest BCUT2D eigenvalue weighted by Gasteiger charge is 2.33. The Labute approximate surface area is 118 Å². The van der Waals surface area contributed by atoms with E-state index >= 15 is 0 Å². The fourth-order valence-corrected chi connectivity index (χ4v) is 2.20. The van der Waals surface area contributed by atoms with E-state index < -0.39 is 18.0 Å². The average molecular weight is 274 g/mol. The van der Waals surface area contributed by atoms with E-state index in [4.69, 9.17) is 9.47 Å². The van der Waals surface area contributed by atoms with Crippen LogP contribution in [0.2, 0.25) is 0 Å². The van der Waals surface area contributed by atoms with Crippen molar-refractivity contribution in [3.63, 3.8) is 0 Å². The number of benzene rings is 1. The summed E-state index contributed by atoms with van der Waals surface area (Å²) in [5, 5.41) is 0. The Kier molecular flexibility index (Phi) is 4.93. The molecule has 1 aromatic rings. The molecule has 0 heterocycles. The van der Waals surface area contributed by atoms with Crippen molar-refractivity contribution in [1.29, 1.82) is 0 Å². The van der Waals surface area contributed by atoms with E-state index in [9.17, 15) is 9.59 Å². The molecule has 0 saturated heterocycles. The molecule has 1 aromatic carbocycles. The summed E-state index contributed by atoms with van der Waals surface area (Å²) in [5.74, 6) is -1.12. The normalized spacial score (nSPS) is 21.2. The topological polar surface area (TPSA) is 52.6 Å². The molecule has 0 bridgehead atoms. The van der Waals surface area contributed by atoms with Gasteiger partial charge >= 0.3 is 11.9 Å². The monoisotopic (exact) mass is 274 g/mol. The maximum absolute atomic E-state index is 12.0. The lowest BCUT2D eigenvalue weighted by Crippen LogP contribution is -2.35. The fourth-order valence-electron chi connectivity index (χ4n) is 2.20. The highest BCUT2D eigenvalue weighted by Crippen LogP contribution is 2.24. The third-order valence-corrected chi connectivity index (χ3v) is 3.23. The molecule has 4 heteroatoms. The lowest BCUT2D eigenvalue weighted by molar-refractivity contribution is -0.152. The van der Waals surface area contributed by atoms with Crippen LogP contribution >= 0.6 is 0 Å². The van der Waals surface area contributed by atoms with Crippen molar-refractivity contribution in [1.82, 2.24) is 0 Å². The standard InChI is InChI=1S/C16H18O4/c1-2-19-16(18)13-10-6-7-11-14(13)20-15(17)12-8-4-3-5-9-12/h3-9,13-14H,2,10-11H2,1H3/t13-,14+/m1/s1. The molecule has 106 valence electrons. The van der Waals surface area contributed by atoms with Crippen molar-refractivity contribution < 1.29 is 19.1 Å². The maximum Gasteiger partial charge on any atom is 0.338 e. The molecule has 20 heavy (non-hydrogen) atoms. The Hall–Kier alpha value is -2.10. The molecular weight excluding hydrogens is 256 g/mol. The van der Waals surface area contributed by atoms with Crippen LogP contribution in [0.3, 0.4) is 0 Å². The van der Waals surface area contributed by atoms with Crippen molar-refractivity contribution >= 4 is 11.9 Å². The Morgan fingerprint density at radius 1 is 1.15 bits per heavy atom. The summed E-state index contributed by atoms with van der Waals surface area (Å²) in [6, 6.07) is 8.78. The van der Waals surface area contributed by atoms with Crippen molar-refractivity contribution in [3.05, 3.63) is 48.0 Å². The molecule has 0 N–H and O–H groups in total. The van der Waals surface area contributed by atoms with Crippen LogP contribution in [-0.4, -0.2) is 24.6 Å². The largest absolute Gasteiger partial charge is 0.466 e. The third kappa shape index (κ3) is 3.47.